The van der Waals surface area contributed by atoms with Crippen molar-refractivity contribution in [3.05, 3.63) is 69.9 Å². The smallest absolute Gasteiger partial charge is 0.255 e. The molecule has 1 saturated heterocycles. The summed E-state index contributed by atoms with van der Waals surface area (Å²) in [6, 6.07) is 14.7. The van der Waals surface area contributed by atoms with Crippen LogP contribution in [-0.4, -0.2) is 25.2 Å². The van der Waals surface area contributed by atoms with E-state index in [9.17, 15) is 9.59 Å². The van der Waals surface area contributed by atoms with Crippen LogP contribution in [0.5, 0.6) is 0 Å². The second-order valence-electron chi connectivity index (χ2n) is 7.35. The molecule has 28 heavy (non-hydrogen) atoms. The third kappa shape index (κ3) is 3.34. The van der Waals surface area contributed by atoms with Gasteiger partial charge in [0, 0.05) is 23.8 Å². The Labute approximate surface area is 163 Å². The van der Waals surface area contributed by atoms with Crippen LogP contribution in [0.4, 0.5) is 0 Å². The van der Waals surface area contributed by atoms with Crippen LogP contribution in [0.1, 0.15) is 29.3 Å². The van der Waals surface area contributed by atoms with Gasteiger partial charge in [0.1, 0.15) is 5.76 Å². The number of nitrogens with one attached hydrogen (secondary N) is 1. The van der Waals surface area contributed by atoms with Crippen LogP contribution in [0, 0.1) is 12.8 Å². The van der Waals surface area contributed by atoms with Crippen LogP contribution in [0.3, 0.4) is 0 Å². The first-order valence-electron chi connectivity index (χ1n) is 9.56. The van der Waals surface area contributed by atoms with Crippen LogP contribution in [0.25, 0.3) is 22.3 Å². The molecular formula is C23H23NO4. The summed E-state index contributed by atoms with van der Waals surface area (Å²) in [5, 5.41) is 3.51. The Balaban J connectivity index is 1.80. The van der Waals surface area contributed by atoms with Crippen molar-refractivity contribution < 1.29 is 13.9 Å². The van der Waals surface area contributed by atoms with Gasteiger partial charge in [-0.05, 0) is 31.4 Å². The van der Waals surface area contributed by atoms with Gasteiger partial charge in [-0.1, -0.05) is 43.3 Å². The zero-order chi connectivity index (χ0) is 19.7. The maximum absolute atomic E-state index is 13.0. The minimum Gasteiger partial charge on any atom is -0.455 e. The molecule has 1 aromatic heterocycles. The highest BCUT2D eigenvalue weighted by atomic mass is 16.5. The first kappa shape index (κ1) is 18.4. The molecule has 5 heteroatoms. The van der Waals surface area contributed by atoms with E-state index >= 15 is 0 Å². The average molecular weight is 377 g/mol. The maximum Gasteiger partial charge on any atom is 0.255 e. The van der Waals surface area contributed by atoms with Gasteiger partial charge in [-0.25, -0.2) is 0 Å². The molecule has 0 bridgehead atoms. The van der Waals surface area contributed by atoms with Gasteiger partial charge >= 0.3 is 0 Å². The Morgan fingerprint density at radius 2 is 1.89 bits per heavy atom. The number of benzene rings is 2. The van der Waals surface area contributed by atoms with Gasteiger partial charge in [0.2, 0.25) is 0 Å². The van der Waals surface area contributed by atoms with E-state index in [-0.39, 0.29) is 23.3 Å². The van der Waals surface area contributed by atoms with E-state index in [2.05, 4.69) is 12.2 Å². The Hall–Kier alpha value is -2.92. The van der Waals surface area contributed by atoms with Crippen molar-refractivity contribution in [1.82, 2.24) is 5.32 Å². The molecule has 2 heterocycles. The van der Waals surface area contributed by atoms with E-state index in [4.69, 9.17) is 9.15 Å². The van der Waals surface area contributed by atoms with Crippen molar-refractivity contribution in [2.75, 3.05) is 13.2 Å². The Bertz CT molecular complexity index is 1070. The van der Waals surface area contributed by atoms with Crippen LogP contribution >= 0.6 is 0 Å². The fourth-order valence-corrected chi connectivity index (χ4v) is 3.69. The van der Waals surface area contributed by atoms with Crippen LogP contribution < -0.4 is 10.7 Å². The lowest BCUT2D eigenvalue weighted by molar-refractivity contribution is 0.0375. The molecular weight excluding hydrogens is 354 g/mol. The fourth-order valence-electron chi connectivity index (χ4n) is 3.69. The van der Waals surface area contributed by atoms with E-state index in [1.165, 1.54) is 0 Å². The van der Waals surface area contributed by atoms with E-state index in [0.717, 1.165) is 12.0 Å². The van der Waals surface area contributed by atoms with Gasteiger partial charge in [-0.2, -0.15) is 0 Å². The first-order chi connectivity index (χ1) is 13.6. The number of amides is 1. The van der Waals surface area contributed by atoms with Crippen LogP contribution in [-0.2, 0) is 4.74 Å². The topological polar surface area (TPSA) is 68.5 Å². The SMILES string of the molecule is Cc1c(-c2ccccc2)oc2c(C(=O)NC3CCOCC3C)cccc2c1=O. The second-order valence-corrected chi connectivity index (χ2v) is 7.35. The summed E-state index contributed by atoms with van der Waals surface area (Å²) in [6.45, 7) is 5.08. The van der Waals surface area contributed by atoms with E-state index in [0.29, 0.717) is 41.1 Å². The summed E-state index contributed by atoms with van der Waals surface area (Å²) in [4.78, 5) is 25.9. The van der Waals surface area contributed by atoms with E-state index in [1.807, 2.05) is 30.3 Å². The van der Waals surface area contributed by atoms with Crippen LogP contribution in [0.2, 0.25) is 0 Å². The second kappa shape index (κ2) is 7.60. The zero-order valence-corrected chi connectivity index (χ0v) is 16.0. The number of ether oxygens (including phenoxy) is 1. The molecule has 0 saturated carbocycles. The summed E-state index contributed by atoms with van der Waals surface area (Å²) in [6.07, 6.45) is 0.774. The summed E-state index contributed by atoms with van der Waals surface area (Å²) in [5.41, 5.74) is 1.94. The lowest BCUT2D eigenvalue weighted by Gasteiger charge is -2.29. The van der Waals surface area contributed by atoms with Crippen molar-refractivity contribution >= 4 is 16.9 Å². The minimum absolute atomic E-state index is 0.0438. The standard InChI is InChI=1S/C23H23NO4/c1-14-13-27-12-11-19(14)24-23(26)18-10-6-9-17-20(25)15(2)21(28-22(17)18)16-7-4-3-5-8-16/h3-10,14,19H,11-13H2,1-2H3,(H,24,26). The molecule has 2 unspecified atom stereocenters. The molecule has 4 rings (SSSR count). The van der Waals surface area contributed by atoms with Gasteiger partial charge in [0.05, 0.1) is 17.6 Å². The Kier molecular flexibility index (Phi) is 5.01. The number of carbonyl (C=O) groups excluding carboxylic acids is 1. The number of hydrogen-bond donors (Lipinski definition) is 1. The number of carbonyl (C=O) groups is 1. The first-order valence-corrected chi connectivity index (χ1v) is 9.56. The van der Waals surface area contributed by atoms with Crippen molar-refractivity contribution in [3.8, 4) is 11.3 Å². The molecule has 0 aliphatic carbocycles. The van der Waals surface area contributed by atoms with Crippen molar-refractivity contribution in [3.63, 3.8) is 0 Å². The highest BCUT2D eigenvalue weighted by Gasteiger charge is 2.25. The number of fused-ring (bicyclic) bond motifs is 1. The molecule has 1 aliphatic rings. The third-order valence-electron chi connectivity index (χ3n) is 5.38. The normalized spacial score (nSPS) is 19.5. The van der Waals surface area contributed by atoms with Gasteiger partial charge in [-0.15, -0.1) is 0 Å². The van der Waals surface area contributed by atoms with Gasteiger partial charge in [-0.3, -0.25) is 9.59 Å². The maximum atomic E-state index is 13.0. The third-order valence-corrected chi connectivity index (χ3v) is 5.38. The monoisotopic (exact) mass is 377 g/mol. The van der Waals surface area contributed by atoms with Crippen molar-refractivity contribution in [1.29, 1.82) is 0 Å². The molecule has 1 fully saturated rings. The summed E-state index contributed by atoms with van der Waals surface area (Å²) < 4.78 is 11.6. The molecule has 1 N–H and O–H groups in total. The summed E-state index contributed by atoms with van der Waals surface area (Å²) in [7, 11) is 0. The number of hydrogen-bond acceptors (Lipinski definition) is 4. The summed E-state index contributed by atoms with van der Waals surface area (Å²) in [5.74, 6) is 0.509. The van der Waals surface area contributed by atoms with Crippen LogP contribution in [0.15, 0.2) is 57.7 Å². The highest BCUT2D eigenvalue weighted by molar-refractivity contribution is 6.05. The molecule has 1 amide bonds. The molecule has 0 radical (unpaired) electrons. The summed E-state index contributed by atoms with van der Waals surface area (Å²) >= 11 is 0. The fraction of sp³-hybridized carbons (Fsp3) is 0.304. The van der Waals surface area contributed by atoms with Crippen molar-refractivity contribution in [2.24, 2.45) is 5.92 Å². The molecule has 1 aliphatic heterocycles. The molecule has 3 aromatic rings. The lowest BCUT2D eigenvalue weighted by atomic mass is 9.97. The van der Waals surface area contributed by atoms with Gasteiger partial charge < -0.3 is 14.5 Å². The zero-order valence-electron chi connectivity index (χ0n) is 16.0. The average Bonchev–Trinajstić information content (AvgIpc) is 2.72. The van der Waals surface area contributed by atoms with Gasteiger partial charge in [0.15, 0.2) is 11.0 Å². The minimum atomic E-state index is -0.227. The molecule has 5 nitrogen and oxygen atoms in total. The van der Waals surface area contributed by atoms with E-state index < -0.39 is 0 Å². The Morgan fingerprint density at radius 3 is 2.64 bits per heavy atom. The molecule has 144 valence electrons. The Morgan fingerprint density at radius 1 is 1.11 bits per heavy atom. The largest absolute Gasteiger partial charge is 0.455 e. The van der Waals surface area contributed by atoms with Crippen molar-refractivity contribution in [2.45, 2.75) is 26.3 Å². The number of para-hydroxylation sites is 1. The molecule has 2 atom stereocenters. The van der Waals surface area contributed by atoms with Gasteiger partial charge in [0.25, 0.3) is 5.91 Å². The number of rotatable bonds is 3. The highest BCUT2D eigenvalue weighted by Crippen LogP contribution is 2.27. The molecule has 2 aromatic carbocycles. The lowest BCUT2D eigenvalue weighted by Crippen LogP contribution is -2.44. The molecule has 0 spiro atoms. The van der Waals surface area contributed by atoms with E-state index in [1.54, 1.807) is 25.1 Å². The predicted molar refractivity (Wildman–Crippen MR) is 109 cm³/mol. The quantitative estimate of drug-likeness (QED) is 0.751. The predicted octanol–water partition coefficient (Wildman–Crippen LogP) is 3.92.